The average Bonchev–Trinajstić information content (AvgIpc) is 2.72. The molecule has 0 saturated carbocycles. The fourth-order valence-electron chi connectivity index (χ4n) is 4.65. The van der Waals surface area contributed by atoms with Crippen molar-refractivity contribution in [2.45, 2.75) is 39.0 Å². The maximum Gasteiger partial charge on any atom is 0.130 e. The molecule has 0 fully saturated rings. The number of phenolic OH excluding ortho intramolecular Hbond substituents is 1. The first-order valence-electron chi connectivity index (χ1n) is 9.88. The number of aromatic hydroxyl groups is 1. The zero-order valence-corrected chi connectivity index (χ0v) is 17.2. The molecule has 1 aliphatic heterocycles. The first-order valence-corrected chi connectivity index (χ1v) is 9.88. The number of rotatable bonds is 4. The Morgan fingerprint density at radius 3 is 2.52 bits per heavy atom. The van der Waals surface area contributed by atoms with Crippen LogP contribution in [0.2, 0.25) is 0 Å². The number of hydrogen-bond acceptors (Lipinski definition) is 5. The van der Waals surface area contributed by atoms with Crippen molar-refractivity contribution in [2.24, 2.45) is 0 Å². The Morgan fingerprint density at radius 2 is 1.83 bits per heavy atom. The van der Waals surface area contributed by atoms with Gasteiger partial charge in [-0.05, 0) is 54.5 Å². The molecule has 3 aromatic carbocycles. The molecule has 0 saturated heterocycles. The number of fused-ring (bicyclic) bond motifs is 2. The average molecular weight is 393 g/mol. The van der Waals surface area contributed by atoms with Gasteiger partial charge < -0.3 is 25.0 Å². The summed E-state index contributed by atoms with van der Waals surface area (Å²) in [5.74, 6) is 1.58. The fourth-order valence-corrected chi connectivity index (χ4v) is 4.65. The van der Waals surface area contributed by atoms with Gasteiger partial charge in [0.25, 0.3) is 0 Å². The lowest BCUT2D eigenvalue weighted by Crippen LogP contribution is -2.36. The molecule has 1 heterocycles. The van der Waals surface area contributed by atoms with E-state index in [9.17, 15) is 10.2 Å². The van der Waals surface area contributed by atoms with Gasteiger partial charge in [0.2, 0.25) is 0 Å². The second kappa shape index (κ2) is 7.58. The molecular weight excluding hydrogens is 366 g/mol. The Balaban J connectivity index is 2.06. The summed E-state index contributed by atoms with van der Waals surface area (Å²) >= 11 is 0. The molecule has 5 nitrogen and oxygen atoms in total. The molecule has 5 heteroatoms. The van der Waals surface area contributed by atoms with E-state index >= 15 is 0 Å². The second-order valence-electron chi connectivity index (χ2n) is 7.68. The first kappa shape index (κ1) is 19.6. The highest BCUT2D eigenvalue weighted by atomic mass is 16.5. The molecule has 4 rings (SSSR count). The third-order valence-corrected chi connectivity index (χ3v) is 5.85. The number of methoxy groups -OCH3 is 2. The molecule has 0 aromatic heterocycles. The normalized spacial score (nSPS) is 18.5. The number of nitrogens with one attached hydrogen (secondary N) is 1. The molecule has 0 aliphatic carbocycles. The lowest BCUT2D eigenvalue weighted by atomic mass is 9.85. The Bertz CT molecular complexity index is 1080. The van der Waals surface area contributed by atoms with Crippen molar-refractivity contribution in [1.82, 2.24) is 5.32 Å². The molecule has 0 spiro atoms. The molecule has 2 atom stereocenters. The summed E-state index contributed by atoms with van der Waals surface area (Å²) in [5.41, 5.74) is 4.29. The van der Waals surface area contributed by atoms with Crippen molar-refractivity contribution in [3.8, 4) is 28.4 Å². The molecule has 3 N–H and O–H groups in total. The lowest BCUT2D eigenvalue weighted by Gasteiger charge is -2.31. The Kier molecular flexibility index (Phi) is 5.11. The van der Waals surface area contributed by atoms with E-state index in [4.69, 9.17) is 9.47 Å². The largest absolute Gasteiger partial charge is 0.507 e. The fraction of sp³-hybridized carbons (Fsp3) is 0.333. The van der Waals surface area contributed by atoms with Crippen LogP contribution in [-0.2, 0) is 13.0 Å². The molecular formula is C24H27NO4. The van der Waals surface area contributed by atoms with Gasteiger partial charge in [-0.1, -0.05) is 24.3 Å². The van der Waals surface area contributed by atoms with Gasteiger partial charge in [-0.3, -0.25) is 0 Å². The number of phenols is 1. The number of hydrogen-bond donors (Lipinski definition) is 3. The van der Waals surface area contributed by atoms with Gasteiger partial charge in [-0.15, -0.1) is 0 Å². The number of aliphatic hydroxyl groups excluding tert-OH is 1. The van der Waals surface area contributed by atoms with Crippen LogP contribution in [0.15, 0.2) is 36.4 Å². The summed E-state index contributed by atoms with van der Waals surface area (Å²) in [6.45, 7) is 4.05. The van der Waals surface area contributed by atoms with Gasteiger partial charge in [0.1, 0.15) is 17.2 Å². The summed E-state index contributed by atoms with van der Waals surface area (Å²) in [4.78, 5) is 0. The number of aliphatic hydroxyl groups is 1. The van der Waals surface area contributed by atoms with Crippen molar-refractivity contribution in [3.05, 3.63) is 53.1 Å². The SMILES string of the molecule is COc1cccc2c(-c3ccc4c(c3O)C(C)NC(C)C4)c(CO)cc(OC)c12. The summed E-state index contributed by atoms with van der Waals surface area (Å²) in [7, 11) is 3.23. The van der Waals surface area contributed by atoms with E-state index in [-0.39, 0.29) is 18.4 Å². The molecule has 29 heavy (non-hydrogen) atoms. The van der Waals surface area contributed by atoms with Gasteiger partial charge in [0, 0.05) is 23.2 Å². The van der Waals surface area contributed by atoms with Crippen LogP contribution in [0.1, 0.15) is 36.6 Å². The van der Waals surface area contributed by atoms with E-state index in [2.05, 4.69) is 25.2 Å². The monoisotopic (exact) mass is 393 g/mol. The van der Waals surface area contributed by atoms with Crippen LogP contribution in [0.5, 0.6) is 17.2 Å². The quantitative estimate of drug-likeness (QED) is 0.616. The third-order valence-electron chi connectivity index (χ3n) is 5.85. The maximum atomic E-state index is 11.3. The van der Waals surface area contributed by atoms with Crippen molar-refractivity contribution in [2.75, 3.05) is 14.2 Å². The van der Waals surface area contributed by atoms with Crippen LogP contribution in [0.3, 0.4) is 0 Å². The van der Waals surface area contributed by atoms with Crippen molar-refractivity contribution in [3.63, 3.8) is 0 Å². The highest BCUT2D eigenvalue weighted by molar-refractivity contribution is 6.05. The highest BCUT2D eigenvalue weighted by Gasteiger charge is 2.27. The van der Waals surface area contributed by atoms with E-state index < -0.39 is 0 Å². The van der Waals surface area contributed by atoms with E-state index in [1.807, 2.05) is 30.3 Å². The topological polar surface area (TPSA) is 71.0 Å². The number of ether oxygens (including phenoxy) is 2. The molecule has 0 bridgehead atoms. The molecule has 0 radical (unpaired) electrons. The summed E-state index contributed by atoms with van der Waals surface area (Å²) in [6.07, 6.45) is 0.873. The standard InChI is InChI=1S/C24H27NO4/c1-13-10-15-8-9-18(24(27)21(15)14(2)25-13)22-16(12-26)11-20(29-4)23-17(22)6-5-7-19(23)28-3/h5-9,11,13-14,25-27H,10,12H2,1-4H3. The van der Waals surface area contributed by atoms with E-state index in [1.54, 1.807) is 14.2 Å². The van der Waals surface area contributed by atoms with Crippen LogP contribution in [-0.4, -0.2) is 30.5 Å². The van der Waals surface area contributed by atoms with Gasteiger partial charge >= 0.3 is 0 Å². The first-order chi connectivity index (χ1) is 14.0. The Labute approximate surface area is 170 Å². The van der Waals surface area contributed by atoms with Crippen LogP contribution >= 0.6 is 0 Å². The van der Waals surface area contributed by atoms with Gasteiger partial charge in [0.05, 0.1) is 26.2 Å². The predicted octanol–water partition coefficient (Wildman–Crippen LogP) is 4.32. The van der Waals surface area contributed by atoms with E-state index in [0.29, 0.717) is 28.7 Å². The summed E-state index contributed by atoms with van der Waals surface area (Å²) < 4.78 is 11.2. The van der Waals surface area contributed by atoms with Crippen LogP contribution in [0, 0.1) is 0 Å². The van der Waals surface area contributed by atoms with Crippen molar-refractivity contribution >= 4 is 10.8 Å². The Hall–Kier alpha value is -2.76. The summed E-state index contributed by atoms with van der Waals surface area (Å²) in [6, 6.07) is 12.0. The Morgan fingerprint density at radius 1 is 1.07 bits per heavy atom. The zero-order valence-electron chi connectivity index (χ0n) is 17.2. The highest BCUT2D eigenvalue weighted by Crippen LogP contribution is 2.47. The minimum Gasteiger partial charge on any atom is -0.507 e. The molecule has 0 amide bonds. The predicted molar refractivity (Wildman–Crippen MR) is 115 cm³/mol. The van der Waals surface area contributed by atoms with Crippen LogP contribution in [0.4, 0.5) is 0 Å². The zero-order chi connectivity index (χ0) is 20.7. The van der Waals surface area contributed by atoms with E-state index in [0.717, 1.165) is 33.9 Å². The second-order valence-corrected chi connectivity index (χ2v) is 7.68. The molecule has 1 aliphatic rings. The lowest BCUT2D eigenvalue weighted by molar-refractivity contribution is 0.281. The molecule has 2 unspecified atom stereocenters. The molecule has 152 valence electrons. The van der Waals surface area contributed by atoms with Gasteiger partial charge in [-0.2, -0.15) is 0 Å². The van der Waals surface area contributed by atoms with Crippen LogP contribution in [0.25, 0.3) is 21.9 Å². The van der Waals surface area contributed by atoms with Crippen molar-refractivity contribution < 1.29 is 19.7 Å². The van der Waals surface area contributed by atoms with Crippen molar-refractivity contribution in [1.29, 1.82) is 0 Å². The maximum absolute atomic E-state index is 11.3. The third kappa shape index (κ3) is 3.11. The minimum atomic E-state index is -0.166. The molecule has 3 aromatic rings. The smallest absolute Gasteiger partial charge is 0.130 e. The minimum absolute atomic E-state index is 0.0466. The van der Waals surface area contributed by atoms with Crippen LogP contribution < -0.4 is 14.8 Å². The van der Waals surface area contributed by atoms with Gasteiger partial charge in [-0.25, -0.2) is 0 Å². The van der Waals surface area contributed by atoms with Gasteiger partial charge in [0.15, 0.2) is 0 Å². The number of benzene rings is 3. The summed E-state index contributed by atoms with van der Waals surface area (Å²) in [5, 5.41) is 26.6. The van der Waals surface area contributed by atoms with E-state index in [1.165, 1.54) is 0 Å².